The number of aromatic amines is 1. The summed E-state index contributed by atoms with van der Waals surface area (Å²) in [6.45, 7) is 6.28. The maximum absolute atomic E-state index is 13.2. The van der Waals surface area contributed by atoms with Crippen molar-refractivity contribution < 1.29 is 19.1 Å². The molecule has 1 aliphatic rings. The lowest BCUT2D eigenvalue weighted by Crippen LogP contribution is -2.45. The number of likely N-dealkylation sites (tertiary alicyclic amines) is 1. The van der Waals surface area contributed by atoms with E-state index in [1.165, 1.54) is 0 Å². The van der Waals surface area contributed by atoms with Crippen molar-refractivity contribution in [2.45, 2.75) is 44.9 Å². The van der Waals surface area contributed by atoms with Crippen LogP contribution in [0.5, 0.6) is 5.75 Å². The van der Waals surface area contributed by atoms with E-state index in [1.54, 1.807) is 25.1 Å². The standard InChI is InChI=1S/C20H27N3O4/c1-20(2,3)27-12-9-16(18(24)21-4)23(11-12)19(25)15-10-13-14(22-15)7-6-8-17(13)26-5/h6-8,10,12,16,22H,9,11H2,1-5H3,(H,21,24)/t12-,16+/m1/s1. The molecule has 0 spiro atoms. The van der Waals surface area contributed by atoms with Crippen molar-refractivity contribution in [3.63, 3.8) is 0 Å². The van der Waals surface area contributed by atoms with Crippen LogP contribution in [0.4, 0.5) is 0 Å². The number of methoxy groups -OCH3 is 1. The Hall–Kier alpha value is -2.54. The minimum Gasteiger partial charge on any atom is -0.496 e. The first-order valence-electron chi connectivity index (χ1n) is 9.09. The number of benzene rings is 1. The number of amides is 2. The molecule has 0 unspecified atom stereocenters. The third kappa shape index (κ3) is 3.93. The second-order valence-corrected chi connectivity index (χ2v) is 7.78. The zero-order valence-corrected chi connectivity index (χ0v) is 16.5. The molecule has 1 saturated heterocycles. The number of rotatable bonds is 4. The average Bonchev–Trinajstić information content (AvgIpc) is 3.22. The molecule has 7 heteroatoms. The smallest absolute Gasteiger partial charge is 0.271 e. The van der Waals surface area contributed by atoms with Crippen LogP contribution in [-0.2, 0) is 9.53 Å². The molecule has 0 bridgehead atoms. The molecule has 0 aliphatic carbocycles. The summed E-state index contributed by atoms with van der Waals surface area (Å²) in [4.78, 5) is 30.3. The minimum absolute atomic E-state index is 0.183. The average molecular weight is 373 g/mol. The number of hydrogen-bond donors (Lipinski definition) is 2. The Morgan fingerprint density at radius 1 is 1.30 bits per heavy atom. The number of aromatic nitrogens is 1. The molecule has 2 aromatic rings. The first-order valence-corrected chi connectivity index (χ1v) is 9.09. The van der Waals surface area contributed by atoms with Gasteiger partial charge in [0.15, 0.2) is 0 Å². The monoisotopic (exact) mass is 373 g/mol. The number of carbonyl (C=O) groups excluding carboxylic acids is 2. The topological polar surface area (TPSA) is 83.7 Å². The minimum atomic E-state index is -0.553. The summed E-state index contributed by atoms with van der Waals surface area (Å²) < 4.78 is 11.4. The molecule has 1 aromatic carbocycles. The lowest BCUT2D eigenvalue weighted by atomic mass is 10.1. The van der Waals surface area contributed by atoms with E-state index in [-0.39, 0.29) is 23.5 Å². The third-order valence-electron chi connectivity index (χ3n) is 4.67. The van der Waals surface area contributed by atoms with Crippen LogP contribution < -0.4 is 10.1 Å². The van der Waals surface area contributed by atoms with Crippen LogP contribution in [-0.4, -0.2) is 60.1 Å². The highest BCUT2D eigenvalue weighted by Crippen LogP contribution is 2.29. The quantitative estimate of drug-likeness (QED) is 0.862. The highest BCUT2D eigenvalue weighted by molar-refractivity contribution is 6.01. The van der Waals surface area contributed by atoms with Gasteiger partial charge in [-0.05, 0) is 39.0 Å². The second kappa shape index (κ2) is 7.23. The number of nitrogens with one attached hydrogen (secondary N) is 2. The van der Waals surface area contributed by atoms with E-state index in [0.29, 0.717) is 24.4 Å². The van der Waals surface area contributed by atoms with Crippen LogP contribution >= 0.6 is 0 Å². The van der Waals surface area contributed by atoms with E-state index in [1.807, 2.05) is 39.0 Å². The number of ether oxygens (including phenoxy) is 2. The molecule has 3 rings (SSSR count). The number of carbonyl (C=O) groups is 2. The summed E-state index contributed by atoms with van der Waals surface area (Å²) in [5, 5.41) is 3.49. The van der Waals surface area contributed by atoms with Gasteiger partial charge in [0, 0.05) is 30.9 Å². The van der Waals surface area contributed by atoms with Crippen molar-refractivity contribution in [3.05, 3.63) is 30.0 Å². The molecular formula is C20H27N3O4. The van der Waals surface area contributed by atoms with Gasteiger partial charge in [-0.15, -0.1) is 0 Å². The zero-order valence-electron chi connectivity index (χ0n) is 16.5. The molecule has 27 heavy (non-hydrogen) atoms. The van der Waals surface area contributed by atoms with Gasteiger partial charge in [-0.1, -0.05) is 6.07 Å². The molecule has 146 valence electrons. The van der Waals surface area contributed by atoms with Gasteiger partial charge in [0.05, 0.1) is 18.8 Å². The molecule has 2 amide bonds. The normalized spacial score (nSPS) is 20.1. The van der Waals surface area contributed by atoms with Gasteiger partial charge in [0.25, 0.3) is 5.91 Å². The van der Waals surface area contributed by atoms with Gasteiger partial charge >= 0.3 is 0 Å². The number of likely N-dealkylation sites (N-methyl/N-ethyl adjacent to an activating group) is 1. The summed E-state index contributed by atoms with van der Waals surface area (Å²) in [6, 6.07) is 6.82. The predicted octanol–water partition coefficient (Wildman–Crippen LogP) is 2.32. The maximum atomic E-state index is 13.2. The van der Waals surface area contributed by atoms with E-state index in [9.17, 15) is 9.59 Å². The van der Waals surface area contributed by atoms with Gasteiger partial charge in [-0.3, -0.25) is 9.59 Å². The van der Waals surface area contributed by atoms with Gasteiger partial charge in [0.2, 0.25) is 5.91 Å². The lowest BCUT2D eigenvalue weighted by molar-refractivity contribution is -0.124. The summed E-state index contributed by atoms with van der Waals surface area (Å²) in [5.41, 5.74) is 0.904. The fraction of sp³-hybridized carbons (Fsp3) is 0.500. The molecule has 2 N–H and O–H groups in total. The summed E-state index contributed by atoms with van der Waals surface area (Å²) in [7, 11) is 3.18. The second-order valence-electron chi connectivity index (χ2n) is 7.78. The summed E-state index contributed by atoms with van der Waals surface area (Å²) in [5.74, 6) is 0.292. The molecule has 0 radical (unpaired) electrons. The molecule has 7 nitrogen and oxygen atoms in total. The van der Waals surface area contributed by atoms with Crippen molar-refractivity contribution in [1.29, 1.82) is 0 Å². The Labute approximate surface area is 159 Å². The number of fused-ring (bicyclic) bond motifs is 1. The number of H-pyrrole nitrogens is 1. The van der Waals surface area contributed by atoms with Crippen LogP contribution in [0.2, 0.25) is 0 Å². The van der Waals surface area contributed by atoms with Gasteiger partial charge < -0.3 is 24.7 Å². The van der Waals surface area contributed by atoms with Crippen molar-refractivity contribution >= 4 is 22.7 Å². The lowest BCUT2D eigenvalue weighted by Gasteiger charge is -2.25. The third-order valence-corrected chi connectivity index (χ3v) is 4.67. The van der Waals surface area contributed by atoms with Crippen molar-refractivity contribution in [1.82, 2.24) is 15.2 Å². The fourth-order valence-corrected chi connectivity index (χ4v) is 3.60. The van der Waals surface area contributed by atoms with Gasteiger partial charge in [-0.2, -0.15) is 0 Å². The Kier molecular flexibility index (Phi) is 5.15. The SMILES string of the molecule is CNC(=O)[C@@H]1C[C@@H](OC(C)(C)C)CN1C(=O)c1cc2c(OC)cccc2[nH]1. The fourth-order valence-electron chi connectivity index (χ4n) is 3.60. The largest absolute Gasteiger partial charge is 0.496 e. The summed E-state index contributed by atoms with van der Waals surface area (Å²) >= 11 is 0. The molecule has 2 atom stereocenters. The van der Waals surface area contributed by atoms with Crippen LogP contribution in [0.25, 0.3) is 10.9 Å². The van der Waals surface area contributed by atoms with E-state index in [0.717, 1.165) is 10.9 Å². The van der Waals surface area contributed by atoms with E-state index in [4.69, 9.17) is 9.47 Å². The highest BCUT2D eigenvalue weighted by Gasteiger charge is 2.41. The van der Waals surface area contributed by atoms with Crippen molar-refractivity contribution in [2.75, 3.05) is 20.7 Å². The Bertz CT molecular complexity index is 853. The van der Waals surface area contributed by atoms with Gasteiger partial charge in [0.1, 0.15) is 17.5 Å². The number of nitrogens with zero attached hydrogens (tertiary/aromatic N) is 1. The molecule has 2 heterocycles. The predicted molar refractivity (Wildman–Crippen MR) is 103 cm³/mol. The van der Waals surface area contributed by atoms with Crippen molar-refractivity contribution in [3.8, 4) is 5.75 Å². The Morgan fingerprint density at radius 2 is 2.04 bits per heavy atom. The zero-order chi connectivity index (χ0) is 19.8. The highest BCUT2D eigenvalue weighted by atomic mass is 16.5. The van der Waals surface area contributed by atoms with E-state index < -0.39 is 6.04 Å². The Morgan fingerprint density at radius 3 is 2.67 bits per heavy atom. The molecule has 0 saturated carbocycles. The molecule has 1 aliphatic heterocycles. The van der Waals surface area contributed by atoms with Crippen LogP contribution in [0, 0.1) is 0 Å². The van der Waals surface area contributed by atoms with E-state index in [2.05, 4.69) is 10.3 Å². The van der Waals surface area contributed by atoms with E-state index >= 15 is 0 Å². The number of hydrogen-bond acceptors (Lipinski definition) is 4. The first-order chi connectivity index (χ1) is 12.7. The molecular weight excluding hydrogens is 346 g/mol. The van der Waals surface area contributed by atoms with Crippen molar-refractivity contribution in [2.24, 2.45) is 0 Å². The van der Waals surface area contributed by atoms with Gasteiger partial charge in [-0.25, -0.2) is 0 Å². The first kappa shape index (κ1) is 19.2. The molecule has 1 fully saturated rings. The summed E-state index contributed by atoms with van der Waals surface area (Å²) in [6.07, 6.45) is 0.293. The Balaban J connectivity index is 1.90. The van der Waals surface area contributed by atoms with Crippen LogP contribution in [0.15, 0.2) is 24.3 Å². The van der Waals surface area contributed by atoms with Crippen LogP contribution in [0.3, 0.4) is 0 Å². The maximum Gasteiger partial charge on any atom is 0.271 e. The van der Waals surface area contributed by atoms with Crippen LogP contribution in [0.1, 0.15) is 37.7 Å². The molecule has 1 aromatic heterocycles.